The minimum absolute atomic E-state index is 0.00801. The summed E-state index contributed by atoms with van der Waals surface area (Å²) in [6.45, 7) is 4.66. The Morgan fingerprint density at radius 2 is 1.48 bits per heavy atom. The molecule has 33 heavy (non-hydrogen) atoms. The number of hydrogen-bond donors (Lipinski definition) is 1. The third-order valence-electron chi connectivity index (χ3n) is 6.82. The molecule has 2 aromatic rings. The van der Waals surface area contributed by atoms with E-state index in [0.29, 0.717) is 37.1 Å². The van der Waals surface area contributed by atoms with E-state index < -0.39 is 6.04 Å². The lowest BCUT2D eigenvalue weighted by atomic mass is 9.87. The van der Waals surface area contributed by atoms with Gasteiger partial charge in [-0.25, -0.2) is 0 Å². The molecule has 2 aliphatic heterocycles. The van der Waals surface area contributed by atoms with E-state index in [4.69, 9.17) is 0 Å². The summed E-state index contributed by atoms with van der Waals surface area (Å²) in [7, 11) is 0. The SMILES string of the molecule is Cc1cccc(C(=O)N2CCC([C@@H](NC(=O)c3ccccc3)C(=O)N3CCCCC3)CC2)c1. The Morgan fingerprint density at radius 1 is 0.818 bits per heavy atom. The largest absolute Gasteiger partial charge is 0.341 e. The molecular formula is C27H33N3O3. The van der Waals surface area contributed by atoms with Gasteiger partial charge in [-0.15, -0.1) is 0 Å². The fourth-order valence-electron chi connectivity index (χ4n) is 4.90. The van der Waals surface area contributed by atoms with Crippen LogP contribution >= 0.6 is 0 Å². The van der Waals surface area contributed by atoms with Crippen LogP contribution in [0.4, 0.5) is 0 Å². The Hall–Kier alpha value is -3.15. The van der Waals surface area contributed by atoms with Gasteiger partial charge in [0.2, 0.25) is 5.91 Å². The predicted octanol–water partition coefficient (Wildman–Crippen LogP) is 3.66. The molecule has 0 saturated carbocycles. The van der Waals surface area contributed by atoms with Crippen LogP contribution < -0.4 is 5.32 Å². The summed E-state index contributed by atoms with van der Waals surface area (Å²) in [5.41, 5.74) is 2.32. The van der Waals surface area contributed by atoms with Gasteiger partial charge in [-0.3, -0.25) is 14.4 Å². The quantitative estimate of drug-likeness (QED) is 0.761. The van der Waals surface area contributed by atoms with E-state index >= 15 is 0 Å². The molecule has 0 bridgehead atoms. The zero-order valence-electron chi connectivity index (χ0n) is 19.3. The van der Waals surface area contributed by atoms with E-state index in [2.05, 4.69) is 5.32 Å². The van der Waals surface area contributed by atoms with Crippen molar-refractivity contribution >= 4 is 17.7 Å². The highest BCUT2D eigenvalue weighted by atomic mass is 16.2. The van der Waals surface area contributed by atoms with Crippen LogP contribution in [0, 0.1) is 12.8 Å². The van der Waals surface area contributed by atoms with Gasteiger partial charge in [0, 0.05) is 37.3 Å². The van der Waals surface area contributed by atoms with Gasteiger partial charge >= 0.3 is 0 Å². The normalized spacial score (nSPS) is 18.0. The summed E-state index contributed by atoms with van der Waals surface area (Å²) in [6.07, 6.45) is 4.54. The van der Waals surface area contributed by atoms with Gasteiger partial charge in [0.25, 0.3) is 11.8 Å². The number of rotatable bonds is 5. The Kier molecular flexibility index (Phi) is 7.43. The maximum Gasteiger partial charge on any atom is 0.253 e. The number of carbonyl (C=O) groups is 3. The molecule has 0 unspecified atom stereocenters. The molecule has 1 N–H and O–H groups in total. The molecule has 0 aliphatic carbocycles. The van der Waals surface area contributed by atoms with Crippen LogP contribution in [-0.4, -0.2) is 59.7 Å². The van der Waals surface area contributed by atoms with Crippen LogP contribution in [-0.2, 0) is 4.79 Å². The van der Waals surface area contributed by atoms with Crippen molar-refractivity contribution in [1.29, 1.82) is 0 Å². The Bertz CT molecular complexity index is 977. The number of piperidine rings is 2. The van der Waals surface area contributed by atoms with Crippen molar-refractivity contribution in [1.82, 2.24) is 15.1 Å². The van der Waals surface area contributed by atoms with Crippen molar-refractivity contribution in [3.8, 4) is 0 Å². The summed E-state index contributed by atoms with van der Waals surface area (Å²) < 4.78 is 0. The van der Waals surface area contributed by atoms with E-state index in [9.17, 15) is 14.4 Å². The molecule has 2 heterocycles. The van der Waals surface area contributed by atoms with Crippen molar-refractivity contribution < 1.29 is 14.4 Å². The lowest BCUT2D eigenvalue weighted by Gasteiger charge is -2.38. The molecule has 2 saturated heterocycles. The van der Waals surface area contributed by atoms with Gasteiger partial charge in [-0.05, 0) is 69.2 Å². The zero-order valence-corrected chi connectivity index (χ0v) is 19.3. The van der Waals surface area contributed by atoms with Crippen LogP contribution in [0.25, 0.3) is 0 Å². The first-order chi connectivity index (χ1) is 16.0. The van der Waals surface area contributed by atoms with Gasteiger partial charge in [0.1, 0.15) is 6.04 Å². The molecule has 0 radical (unpaired) electrons. The highest BCUT2D eigenvalue weighted by molar-refractivity contribution is 5.97. The Balaban J connectivity index is 1.45. The van der Waals surface area contributed by atoms with E-state index in [1.54, 1.807) is 12.1 Å². The molecule has 3 amide bonds. The van der Waals surface area contributed by atoms with Gasteiger partial charge in [0.05, 0.1) is 0 Å². The number of benzene rings is 2. The maximum atomic E-state index is 13.5. The number of carbonyl (C=O) groups excluding carboxylic acids is 3. The first-order valence-corrected chi connectivity index (χ1v) is 12.0. The molecule has 1 atom stereocenters. The minimum Gasteiger partial charge on any atom is -0.341 e. The zero-order chi connectivity index (χ0) is 23.2. The number of nitrogens with one attached hydrogen (secondary N) is 1. The molecule has 2 fully saturated rings. The van der Waals surface area contributed by atoms with Crippen molar-refractivity contribution in [3.63, 3.8) is 0 Å². The van der Waals surface area contributed by atoms with Crippen molar-refractivity contribution in [2.24, 2.45) is 5.92 Å². The van der Waals surface area contributed by atoms with Crippen molar-refractivity contribution in [2.45, 2.75) is 45.1 Å². The highest BCUT2D eigenvalue weighted by Gasteiger charge is 2.36. The van der Waals surface area contributed by atoms with E-state index in [1.807, 2.05) is 59.2 Å². The third-order valence-corrected chi connectivity index (χ3v) is 6.82. The maximum absolute atomic E-state index is 13.5. The number of aryl methyl sites for hydroxylation is 1. The van der Waals surface area contributed by atoms with Crippen LogP contribution in [0.1, 0.15) is 58.4 Å². The van der Waals surface area contributed by atoms with E-state index in [-0.39, 0.29) is 23.6 Å². The van der Waals surface area contributed by atoms with Gasteiger partial charge in [-0.2, -0.15) is 0 Å². The van der Waals surface area contributed by atoms with Crippen molar-refractivity contribution in [3.05, 3.63) is 71.3 Å². The first-order valence-electron chi connectivity index (χ1n) is 12.0. The average Bonchev–Trinajstić information content (AvgIpc) is 2.87. The van der Waals surface area contributed by atoms with Crippen LogP contribution in [0.15, 0.2) is 54.6 Å². The smallest absolute Gasteiger partial charge is 0.253 e. The fraction of sp³-hybridized carbons (Fsp3) is 0.444. The third kappa shape index (κ3) is 5.62. The van der Waals surface area contributed by atoms with E-state index in [0.717, 1.165) is 37.9 Å². The molecule has 174 valence electrons. The molecule has 2 aliphatic rings. The molecule has 6 nitrogen and oxygen atoms in total. The molecule has 6 heteroatoms. The number of hydrogen-bond acceptors (Lipinski definition) is 3. The van der Waals surface area contributed by atoms with Crippen LogP contribution in [0.5, 0.6) is 0 Å². The van der Waals surface area contributed by atoms with Gasteiger partial charge in [-0.1, -0.05) is 35.9 Å². The van der Waals surface area contributed by atoms with Gasteiger partial charge in [0.15, 0.2) is 0 Å². The minimum atomic E-state index is -0.563. The molecule has 2 aromatic carbocycles. The molecule has 0 aromatic heterocycles. The first kappa shape index (κ1) is 23.0. The lowest BCUT2D eigenvalue weighted by Crippen LogP contribution is -2.55. The molecule has 4 rings (SSSR count). The van der Waals surface area contributed by atoms with Crippen molar-refractivity contribution in [2.75, 3.05) is 26.2 Å². The summed E-state index contributed by atoms with van der Waals surface area (Å²) in [5, 5.41) is 3.05. The Labute approximate surface area is 196 Å². The second-order valence-corrected chi connectivity index (χ2v) is 9.20. The summed E-state index contributed by atoms with van der Waals surface area (Å²) in [5.74, 6) is -0.162. The summed E-state index contributed by atoms with van der Waals surface area (Å²) in [4.78, 5) is 43.1. The summed E-state index contributed by atoms with van der Waals surface area (Å²) in [6, 6.07) is 16.1. The lowest BCUT2D eigenvalue weighted by molar-refractivity contribution is -0.136. The topological polar surface area (TPSA) is 69.7 Å². The monoisotopic (exact) mass is 447 g/mol. The predicted molar refractivity (Wildman–Crippen MR) is 128 cm³/mol. The number of amides is 3. The standard InChI is InChI=1S/C27H33N3O3/c1-20-9-8-12-23(19-20)26(32)30-17-13-21(14-18-30)24(27(33)29-15-6-3-7-16-29)28-25(31)22-10-4-2-5-11-22/h2,4-5,8-12,19,21,24H,3,6-7,13-18H2,1H3,(H,28,31)/t24-/m1/s1. The number of likely N-dealkylation sites (tertiary alicyclic amines) is 2. The average molecular weight is 448 g/mol. The van der Waals surface area contributed by atoms with E-state index in [1.165, 1.54) is 0 Å². The second-order valence-electron chi connectivity index (χ2n) is 9.20. The highest BCUT2D eigenvalue weighted by Crippen LogP contribution is 2.25. The fourth-order valence-corrected chi connectivity index (χ4v) is 4.90. The Morgan fingerprint density at radius 3 is 2.15 bits per heavy atom. The van der Waals surface area contributed by atoms with Gasteiger partial charge < -0.3 is 15.1 Å². The van der Waals surface area contributed by atoms with Crippen LogP contribution in [0.3, 0.4) is 0 Å². The second kappa shape index (κ2) is 10.6. The molecule has 0 spiro atoms. The van der Waals surface area contributed by atoms with Crippen LogP contribution in [0.2, 0.25) is 0 Å². The molecular weight excluding hydrogens is 414 g/mol. The number of nitrogens with zero attached hydrogens (tertiary/aromatic N) is 2. The summed E-state index contributed by atoms with van der Waals surface area (Å²) >= 11 is 0.